The molecule has 4 aromatic rings. The van der Waals surface area contributed by atoms with Gasteiger partial charge in [-0.1, -0.05) is 24.3 Å². The van der Waals surface area contributed by atoms with Crippen LogP contribution < -0.4 is 5.32 Å². The van der Waals surface area contributed by atoms with Crippen LogP contribution in [0.3, 0.4) is 0 Å². The lowest BCUT2D eigenvalue weighted by Gasteiger charge is -2.09. The molecule has 1 aliphatic heterocycles. The summed E-state index contributed by atoms with van der Waals surface area (Å²) in [4.78, 5) is 27.9. The van der Waals surface area contributed by atoms with E-state index in [9.17, 15) is 19.1 Å². The van der Waals surface area contributed by atoms with Crippen molar-refractivity contribution in [2.45, 2.75) is 0 Å². The van der Waals surface area contributed by atoms with Gasteiger partial charge in [0.1, 0.15) is 11.5 Å². The van der Waals surface area contributed by atoms with Crippen LogP contribution in [0.5, 0.6) is 0 Å². The maximum Gasteiger partial charge on any atom is 0.352 e. The summed E-state index contributed by atoms with van der Waals surface area (Å²) in [6, 6.07) is 15.8. The number of carbonyl (C=O) groups excluding carboxylic acids is 1. The number of nitrogens with zero attached hydrogens (tertiary/aromatic N) is 2. The Hall–Kier alpha value is -4.52. The number of amides is 1. The minimum Gasteiger partial charge on any atom is -0.477 e. The summed E-state index contributed by atoms with van der Waals surface area (Å²) < 4.78 is 16.4. The van der Waals surface area contributed by atoms with Crippen LogP contribution in [0.2, 0.25) is 0 Å². The largest absolute Gasteiger partial charge is 0.477 e. The van der Waals surface area contributed by atoms with Crippen molar-refractivity contribution >= 4 is 29.2 Å². The number of carboxylic acids is 1. The van der Waals surface area contributed by atoms with E-state index in [2.05, 4.69) is 10.3 Å². The number of aryl methyl sites for hydroxylation is 1. The molecule has 2 N–H and O–H groups in total. The molecule has 0 spiro atoms. The van der Waals surface area contributed by atoms with Crippen LogP contribution in [0.25, 0.3) is 33.9 Å². The van der Waals surface area contributed by atoms with Crippen LogP contribution in [0.15, 0.2) is 73.2 Å². The highest BCUT2D eigenvalue weighted by Crippen LogP contribution is 2.38. The fraction of sp³-hybridized carbons (Fsp3) is 0.0385. The molecule has 0 atom stereocenters. The molecule has 1 amide bonds. The maximum absolute atomic E-state index is 14.9. The number of halogens is 1. The van der Waals surface area contributed by atoms with E-state index in [1.807, 2.05) is 36.4 Å². The number of fused-ring (bicyclic) bond motifs is 1. The lowest BCUT2D eigenvalue weighted by atomic mass is 9.96. The Kier molecular flexibility index (Phi) is 4.86. The first-order chi connectivity index (χ1) is 15.9. The number of anilines is 1. The van der Waals surface area contributed by atoms with Crippen LogP contribution in [0.1, 0.15) is 21.6 Å². The summed E-state index contributed by atoms with van der Waals surface area (Å²) >= 11 is 0. The molecule has 0 unspecified atom stereocenters. The van der Waals surface area contributed by atoms with E-state index in [0.29, 0.717) is 33.5 Å². The van der Waals surface area contributed by atoms with E-state index in [-0.39, 0.29) is 11.6 Å². The van der Waals surface area contributed by atoms with Gasteiger partial charge in [0.2, 0.25) is 0 Å². The van der Waals surface area contributed by atoms with Crippen molar-refractivity contribution in [2.24, 2.45) is 7.05 Å². The normalized spacial score (nSPS) is 13.8. The zero-order valence-electron chi connectivity index (χ0n) is 17.5. The second-order valence-corrected chi connectivity index (χ2v) is 7.78. The monoisotopic (exact) mass is 439 g/mol. The van der Waals surface area contributed by atoms with Crippen molar-refractivity contribution in [2.75, 3.05) is 5.32 Å². The van der Waals surface area contributed by atoms with Gasteiger partial charge in [-0.2, -0.15) is 0 Å². The van der Waals surface area contributed by atoms with Gasteiger partial charge in [-0.25, -0.2) is 9.18 Å². The van der Waals surface area contributed by atoms with Crippen LogP contribution in [0.4, 0.5) is 10.1 Å². The summed E-state index contributed by atoms with van der Waals surface area (Å²) in [5.74, 6) is -1.87. The van der Waals surface area contributed by atoms with E-state index >= 15 is 0 Å². The molecular formula is C26H18FN3O3. The van der Waals surface area contributed by atoms with Crippen molar-refractivity contribution in [1.82, 2.24) is 9.55 Å². The average Bonchev–Trinajstić information content (AvgIpc) is 3.33. The van der Waals surface area contributed by atoms with Gasteiger partial charge < -0.3 is 15.0 Å². The van der Waals surface area contributed by atoms with Crippen molar-refractivity contribution in [1.29, 1.82) is 0 Å². The fourth-order valence-corrected chi connectivity index (χ4v) is 4.01. The number of benzene rings is 2. The molecule has 7 heteroatoms. The van der Waals surface area contributed by atoms with Gasteiger partial charge in [-0.15, -0.1) is 0 Å². The number of aromatic carboxylic acids is 1. The summed E-state index contributed by atoms with van der Waals surface area (Å²) in [6.07, 6.45) is 6.67. The Morgan fingerprint density at radius 3 is 2.33 bits per heavy atom. The highest BCUT2D eigenvalue weighted by molar-refractivity contribution is 6.35. The van der Waals surface area contributed by atoms with Crippen molar-refractivity contribution < 1.29 is 19.1 Å². The maximum atomic E-state index is 14.9. The third-order valence-corrected chi connectivity index (χ3v) is 5.66. The van der Waals surface area contributed by atoms with Gasteiger partial charge in [0.15, 0.2) is 0 Å². The summed E-state index contributed by atoms with van der Waals surface area (Å²) in [7, 11) is 1.62. The van der Waals surface area contributed by atoms with Crippen LogP contribution in [0, 0.1) is 5.82 Å². The highest BCUT2D eigenvalue weighted by Gasteiger charge is 2.26. The van der Waals surface area contributed by atoms with Gasteiger partial charge >= 0.3 is 5.97 Å². The first-order valence-electron chi connectivity index (χ1n) is 10.2. The smallest absolute Gasteiger partial charge is 0.352 e. The van der Waals surface area contributed by atoms with Gasteiger partial charge in [0.25, 0.3) is 5.91 Å². The van der Waals surface area contributed by atoms with E-state index in [4.69, 9.17) is 0 Å². The lowest BCUT2D eigenvalue weighted by molar-refractivity contribution is -0.110. The molecule has 6 nitrogen and oxygen atoms in total. The number of carbonyl (C=O) groups is 2. The van der Waals surface area contributed by atoms with Crippen LogP contribution >= 0.6 is 0 Å². The minimum atomic E-state index is -1.06. The molecule has 0 bridgehead atoms. The standard InChI is InChI=1S/C26H18FN3O3/c1-30-14-15(11-24(30)26(32)33)10-21-20-12-19(22(27)13-23(20)29-25(21)31)18-4-2-16(3-5-18)17-6-8-28-9-7-17/h2-14H,1H3,(H,29,31)(H,32,33). The van der Waals surface area contributed by atoms with Crippen molar-refractivity contribution in [3.8, 4) is 22.3 Å². The molecule has 3 heterocycles. The second kappa shape index (κ2) is 7.87. The van der Waals surface area contributed by atoms with Crippen molar-refractivity contribution in [3.63, 3.8) is 0 Å². The molecule has 0 radical (unpaired) electrons. The average molecular weight is 439 g/mol. The molecule has 162 valence electrons. The molecule has 1 aliphatic rings. The lowest BCUT2D eigenvalue weighted by Crippen LogP contribution is -2.03. The number of hydrogen-bond acceptors (Lipinski definition) is 3. The van der Waals surface area contributed by atoms with Gasteiger partial charge in [-0.05, 0) is 58.7 Å². The molecular weight excluding hydrogens is 421 g/mol. The first-order valence-corrected chi connectivity index (χ1v) is 10.2. The number of pyridine rings is 1. The summed E-state index contributed by atoms with van der Waals surface area (Å²) in [5, 5.41) is 12.0. The molecule has 0 saturated heterocycles. The van der Waals surface area contributed by atoms with Crippen LogP contribution in [-0.2, 0) is 11.8 Å². The Balaban J connectivity index is 1.54. The van der Waals surface area contributed by atoms with Crippen LogP contribution in [-0.4, -0.2) is 26.5 Å². The van der Waals surface area contributed by atoms with Crippen molar-refractivity contribution in [3.05, 3.63) is 95.8 Å². The number of rotatable bonds is 4. The molecule has 2 aromatic heterocycles. The number of nitrogens with one attached hydrogen (secondary N) is 1. The topological polar surface area (TPSA) is 84.2 Å². The molecule has 33 heavy (non-hydrogen) atoms. The van der Waals surface area contributed by atoms with E-state index in [1.165, 1.54) is 16.7 Å². The zero-order valence-corrected chi connectivity index (χ0v) is 17.5. The first kappa shape index (κ1) is 20.4. The second-order valence-electron chi connectivity index (χ2n) is 7.78. The molecule has 5 rings (SSSR count). The zero-order chi connectivity index (χ0) is 23.1. The Bertz CT molecular complexity index is 1440. The number of aromatic nitrogens is 2. The quantitative estimate of drug-likeness (QED) is 0.434. The fourth-order valence-electron chi connectivity index (χ4n) is 4.01. The minimum absolute atomic E-state index is 0.106. The third kappa shape index (κ3) is 3.70. The molecule has 0 saturated carbocycles. The van der Waals surface area contributed by atoms with Gasteiger partial charge in [0.05, 0.1) is 5.69 Å². The highest BCUT2D eigenvalue weighted by atomic mass is 19.1. The van der Waals surface area contributed by atoms with Gasteiger partial charge in [0, 0.05) is 42.3 Å². The summed E-state index contributed by atoms with van der Waals surface area (Å²) in [5.41, 5.74) is 5.02. The van der Waals surface area contributed by atoms with E-state index in [0.717, 1.165) is 11.1 Å². The Morgan fingerprint density at radius 2 is 1.67 bits per heavy atom. The SMILES string of the molecule is Cn1cc(C=C2C(=O)Nc3cc(F)c(-c4ccc(-c5ccncc5)cc4)cc32)cc1C(=O)O. The summed E-state index contributed by atoms with van der Waals surface area (Å²) in [6.45, 7) is 0. The Morgan fingerprint density at radius 1 is 1.00 bits per heavy atom. The number of carboxylic acid groups (broad SMARTS) is 1. The molecule has 0 aliphatic carbocycles. The molecule has 0 fully saturated rings. The van der Waals surface area contributed by atoms with E-state index in [1.54, 1.807) is 37.8 Å². The number of hydrogen-bond donors (Lipinski definition) is 2. The Labute approximate surface area is 188 Å². The third-order valence-electron chi connectivity index (χ3n) is 5.66. The predicted molar refractivity (Wildman–Crippen MR) is 124 cm³/mol. The molecule has 2 aromatic carbocycles. The predicted octanol–water partition coefficient (Wildman–Crippen LogP) is 5.08. The van der Waals surface area contributed by atoms with Gasteiger partial charge in [-0.3, -0.25) is 9.78 Å². The van der Waals surface area contributed by atoms with E-state index < -0.39 is 11.8 Å².